The Hall–Kier alpha value is -1.81. The molecule has 1 aromatic carbocycles. The van der Waals surface area contributed by atoms with E-state index < -0.39 is 0 Å². The lowest BCUT2D eigenvalue weighted by Gasteiger charge is -2.19. The summed E-state index contributed by atoms with van der Waals surface area (Å²) in [5, 5.41) is 0. The van der Waals surface area contributed by atoms with Crippen LogP contribution in [0.1, 0.15) is 11.1 Å². The fourth-order valence-electron chi connectivity index (χ4n) is 1.96. The Morgan fingerprint density at radius 1 is 1.29 bits per heavy atom. The molecule has 1 aromatic heterocycles. The van der Waals surface area contributed by atoms with Crippen LogP contribution in [0.4, 0.5) is 5.95 Å². The quantitative estimate of drug-likeness (QED) is 0.866. The van der Waals surface area contributed by atoms with E-state index in [1.54, 1.807) is 6.20 Å². The van der Waals surface area contributed by atoms with E-state index in [0.717, 1.165) is 12.5 Å². The summed E-state index contributed by atoms with van der Waals surface area (Å²) in [6.45, 7) is 1.39. The standard InChI is InChI=1S/C13H18N4/c1-16-8-7-15-13(16)17(2)10-12-6-4-3-5-11(12)9-14/h3-8H,9-10,14H2,1-2H3. The summed E-state index contributed by atoms with van der Waals surface area (Å²) < 4.78 is 2.01. The topological polar surface area (TPSA) is 47.1 Å². The van der Waals surface area contributed by atoms with E-state index in [4.69, 9.17) is 5.73 Å². The second-order valence-electron chi connectivity index (χ2n) is 4.17. The highest BCUT2D eigenvalue weighted by molar-refractivity contribution is 5.35. The highest BCUT2D eigenvalue weighted by Crippen LogP contribution is 2.15. The third kappa shape index (κ3) is 2.47. The zero-order chi connectivity index (χ0) is 12.3. The Labute approximate surface area is 102 Å². The number of hydrogen-bond donors (Lipinski definition) is 1. The molecule has 4 heteroatoms. The Morgan fingerprint density at radius 3 is 2.59 bits per heavy atom. The Balaban J connectivity index is 2.18. The molecule has 0 radical (unpaired) electrons. The molecule has 0 aliphatic heterocycles. The maximum Gasteiger partial charge on any atom is 0.205 e. The average molecular weight is 230 g/mol. The number of anilines is 1. The number of aromatic nitrogens is 2. The Bertz CT molecular complexity index is 490. The van der Waals surface area contributed by atoms with Crippen LogP contribution < -0.4 is 10.6 Å². The molecule has 0 unspecified atom stereocenters. The summed E-state index contributed by atoms with van der Waals surface area (Å²) in [4.78, 5) is 6.44. The predicted octanol–water partition coefficient (Wildman–Crippen LogP) is 1.52. The van der Waals surface area contributed by atoms with Gasteiger partial charge in [-0.15, -0.1) is 0 Å². The van der Waals surface area contributed by atoms with Crippen molar-refractivity contribution >= 4 is 5.95 Å². The van der Waals surface area contributed by atoms with Gasteiger partial charge in [0, 0.05) is 39.6 Å². The molecule has 0 saturated heterocycles. The molecular formula is C13H18N4. The van der Waals surface area contributed by atoms with Crippen LogP contribution in [-0.2, 0) is 20.1 Å². The Morgan fingerprint density at radius 2 is 2.00 bits per heavy atom. The molecule has 0 amide bonds. The maximum atomic E-state index is 5.74. The highest BCUT2D eigenvalue weighted by Gasteiger charge is 2.08. The number of aryl methyl sites for hydroxylation is 1. The molecule has 0 bridgehead atoms. The molecular weight excluding hydrogens is 212 g/mol. The maximum absolute atomic E-state index is 5.74. The smallest absolute Gasteiger partial charge is 0.205 e. The van der Waals surface area contributed by atoms with E-state index in [9.17, 15) is 0 Å². The van der Waals surface area contributed by atoms with Gasteiger partial charge in [-0.2, -0.15) is 0 Å². The third-order valence-corrected chi connectivity index (χ3v) is 2.88. The normalized spacial score (nSPS) is 10.5. The molecule has 17 heavy (non-hydrogen) atoms. The number of nitrogens with zero attached hydrogens (tertiary/aromatic N) is 3. The fraction of sp³-hybridized carbons (Fsp3) is 0.308. The predicted molar refractivity (Wildman–Crippen MR) is 69.6 cm³/mol. The van der Waals surface area contributed by atoms with Crippen molar-refractivity contribution in [2.75, 3.05) is 11.9 Å². The van der Waals surface area contributed by atoms with E-state index in [2.05, 4.69) is 22.0 Å². The van der Waals surface area contributed by atoms with E-state index in [1.807, 2.05) is 37.0 Å². The van der Waals surface area contributed by atoms with Crippen molar-refractivity contribution in [2.24, 2.45) is 12.8 Å². The lowest BCUT2D eigenvalue weighted by molar-refractivity contribution is 0.799. The highest BCUT2D eigenvalue weighted by atomic mass is 15.3. The molecule has 0 fully saturated rings. The van der Waals surface area contributed by atoms with Crippen molar-refractivity contribution in [1.82, 2.24) is 9.55 Å². The van der Waals surface area contributed by atoms with Crippen molar-refractivity contribution in [2.45, 2.75) is 13.1 Å². The number of nitrogens with two attached hydrogens (primary N) is 1. The molecule has 0 aliphatic carbocycles. The van der Waals surface area contributed by atoms with Crippen molar-refractivity contribution in [1.29, 1.82) is 0 Å². The summed E-state index contributed by atoms with van der Waals surface area (Å²) in [5.74, 6) is 0.955. The fourth-order valence-corrected chi connectivity index (χ4v) is 1.96. The SMILES string of the molecule is CN(Cc1ccccc1CN)c1nccn1C. The third-order valence-electron chi connectivity index (χ3n) is 2.88. The van der Waals surface area contributed by atoms with Crippen molar-refractivity contribution in [3.05, 3.63) is 47.8 Å². The monoisotopic (exact) mass is 230 g/mol. The Kier molecular flexibility index (Phi) is 3.44. The van der Waals surface area contributed by atoms with Crippen LogP contribution in [0.5, 0.6) is 0 Å². The molecule has 0 saturated carbocycles. The van der Waals surface area contributed by atoms with Crippen molar-refractivity contribution < 1.29 is 0 Å². The molecule has 2 rings (SSSR count). The van der Waals surface area contributed by atoms with Crippen molar-refractivity contribution in [3.63, 3.8) is 0 Å². The van der Waals surface area contributed by atoms with E-state index in [-0.39, 0.29) is 0 Å². The lowest BCUT2D eigenvalue weighted by Crippen LogP contribution is -2.21. The number of benzene rings is 1. The van der Waals surface area contributed by atoms with Gasteiger partial charge in [-0.1, -0.05) is 24.3 Å². The van der Waals surface area contributed by atoms with Crippen LogP contribution in [0, 0.1) is 0 Å². The van der Waals surface area contributed by atoms with Crippen LogP contribution in [0.15, 0.2) is 36.7 Å². The van der Waals surface area contributed by atoms with Gasteiger partial charge in [0.05, 0.1) is 0 Å². The number of imidazole rings is 1. The van der Waals surface area contributed by atoms with Gasteiger partial charge in [-0.05, 0) is 11.1 Å². The summed E-state index contributed by atoms with van der Waals surface area (Å²) in [5.41, 5.74) is 8.17. The van der Waals surface area contributed by atoms with Gasteiger partial charge >= 0.3 is 0 Å². The molecule has 2 N–H and O–H groups in total. The first-order valence-corrected chi connectivity index (χ1v) is 5.67. The van der Waals surface area contributed by atoms with Crippen LogP contribution >= 0.6 is 0 Å². The minimum absolute atomic E-state index is 0.574. The number of rotatable bonds is 4. The molecule has 0 atom stereocenters. The van der Waals surface area contributed by atoms with Crippen LogP contribution in [0.2, 0.25) is 0 Å². The number of hydrogen-bond acceptors (Lipinski definition) is 3. The van der Waals surface area contributed by atoms with Gasteiger partial charge in [0.1, 0.15) is 0 Å². The van der Waals surface area contributed by atoms with Gasteiger partial charge < -0.3 is 15.2 Å². The molecule has 2 aromatic rings. The van der Waals surface area contributed by atoms with Crippen LogP contribution in [0.25, 0.3) is 0 Å². The minimum atomic E-state index is 0.574. The minimum Gasteiger partial charge on any atom is -0.341 e. The van der Waals surface area contributed by atoms with E-state index >= 15 is 0 Å². The zero-order valence-corrected chi connectivity index (χ0v) is 10.3. The van der Waals surface area contributed by atoms with Gasteiger partial charge in [-0.25, -0.2) is 4.98 Å². The first-order chi connectivity index (χ1) is 8.22. The second-order valence-corrected chi connectivity index (χ2v) is 4.17. The van der Waals surface area contributed by atoms with Gasteiger partial charge in [-0.3, -0.25) is 0 Å². The molecule has 0 aliphatic rings. The first kappa shape index (κ1) is 11.7. The molecule has 1 heterocycles. The molecule has 90 valence electrons. The van der Waals surface area contributed by atoms with Crippen molar-refractivity contribution in [3.8, 4) is 0 Å². The first-order valence-electron chi connectivity index (χ1n) is 5.67. The van der Waals surface area contributed by atoms with E-state index in [0.29, 0.717) is 6.54 Å². The van der Waals surface area contributed by atoms with Gasteiger partial charge in [0.2, 0.25) is 5.95 Å². The molecule has 4 nitrogen and oxygen atoms in total. The summed E-state index contributed by atoms with van der Waals surface area (Å²) in [7, 11) is 4.03. The van der Waals surface area contributed by atoms with Crippen LogP contribution in [-0.4, -0.2) is 16.6 Å². The largest absolute Gasteiger partial charge is 0.341 e. The second kappa shape index (κ2) is 5.01. The molecule has 0 spiro atoms. The summed E-state index contributed by atoms with van der Waals surface area (Å²) in [6, 6.07) is 8.25. The average Bonchev–Trinajstić information content (AvgIpc) is 2.76. The lowest BCUT2D eigenvalue weighted by atomic mass is 10.1. The van der Waals surface area contributed by atoms with E-state index in [1.165, 1.54) is 11.1 Å². The van der Waals surface area contributed by atoms with Crippen LogP contribution in [0.3, 0.4) is 0 Å². The zero-order valence-electron chi connectivity index (χ0n) is 10.3. The summed E-state index contributed by atoms with van der Waals surface area (Å²) >= 11 is 0. The summed E-state index contributed by atoms with van der Waals surface area (Å²) in [6.07, 6.45) is 3.75. The van der Waals surface area contributed by atoms with Gasteiger partial charge in [0.25, 0.3) is 0 Å². The van der Waals surface area contributed by atoms with Gasteiger partial charge in [0.15, 0.2) is 0 Å².